The highest BCUT2D eigenvalue weighted by atomic mass is 32.2. The lowest BCUT2D eigenvalue weighted by Crippen LogP contribution is -2.39. The number of hydrogen-bond acceptors (Lipinski definition) is 6. The van der Waals surface area contributed by atoms with Gasteiger partial charge < -0.3 is 9.47 Å². The maximum Gasteiger partial charge on any atom is 0.311 e. The van der Waals surface area contributed by atoms with E-state index in [4.69, 9.17) is 14.6 Å². The van der Waals surface area contributed by atoms with Crippen molar-refractivity contribution in [1.82, 2.24) is 0 Å². The van der Waals surface area contributed by atoms with Gasteiger partial charge in [-0.2, -0.15) is 0 Å². The number of nitro benzene ring substituents is 1. The van der Waals surface area contributed by atoms with Gasteiger partial charge in [0, 0.05) is 24.5 Å². The van der Waals surface area contributed by atoms with Gasteiger partial charge in [-0.1, -0.05) is 42.8 Å². The van der Waals surface area contributed by atoms with E-state index in [-0.39, 0.29) is 29.6 Å². The molecule has 2 N–H and O–H groups in total. The molecular formula is C27H35N3O6S. The van der Waals surface area contributed by atoms with Crippen LogP contribution in [0.25, 0.3) is 0 Å². The molecule has 1 amide bonds. The normalized spacial score (nSPS) is 19.6. The van der Waals surface area contributed by atoms with E-state index in [0.717, 1.165) is 30.0 Å². The summed E-state index contributed by atoms with van der Waals surface area (Å²) in [5.41, 5.74) is 2.13. The lowest BCUT2D eigenvalue weighted by molar-refractivity contribution is -0.386. The van der Waals surface area contributed by atoms with Crippen molar-refractivity contribution in [3.05, 3.63) is 80.9 Å². The zero-order chi connectivity index (χ0) is 27.2. The van der Waals surface area contributed by atoms with Gasteiger partial charge in [0.15, 0.2) is 5.75 Å². The summed E-state index contributed by atoms with van der Waals surface area (Å²) >= 11 is 0. The first-order valence-corrected chi connectivity index (χ1v) is 14.0. The van der Waals surface area contributed by atoms with Crippen LogP contribution >= 0.6 is 0 Å². The first kappa shape index (κ1) is 28.5. The number of fused-ring (bicyclic) bond motifs is 1. The summed E-state index contributed by atoms with van der Waals surface area (Å²) in [5.74, 6) is -0.875. The van der Waals surface area contributed by atoms with Crippen LogP contribution in [0.3, 0.4) is 0 Å². The van der Waals surface area contributed by atoms with E-state index in [1.54, 1.807) is 7.11 Å². The number of nitrogens with two attached hydrogens (primary N) is 1. The number of nitro groups is 1. The Bertz CT molecular complexity index is 1320. The van der Waals surface area contributed by atoms with Gasteiger partial charge in [0.25, 0.3) is 5.91 Å². The number of allylic oxidation sites excluding steroid dienone is 2. The maximum absolute atomic E-state index is 12.7. The molecule has 0 spiro atoms. The van der Waals surface area contributed by atoms with Gasteiger partial charge in [0.1, 0.15) is 22.1 Å². The third-order valence-electron chi connectivity index (χ3n) is 6.57. The Labute approximate surface area is 218 Å². The fraction of sp³-hybridized carbons (Fsp3) is 0.444. The fourth-order valence-corrected chi connectivity index (χ4v) is 6.09. The van der Waals surface area contributed by atoms with Gasteiger partial charge in [-0.15, -0.1) is 4.36 Å². The van der Waals surface area contributed by atoms with Crippen LogP contribution in [0.5, 0.6) is 5.75 Å². The minimum atomic E-state index is -3.30. The number of hydrogen-bond donors (Lipinski definition) is 1. The van der Waals surface area contributed by atoms with Gasteiger partial charge in [-0.25, -0.2) is 9.35 Å². The quantitative estimate of drug-likeness (QED) is 0.254. The summed E-state index contributed by atoms with van der Waals surface area (Å²) in [5, 5.41) is 17.6. The molecule has 0 heterocycles. The molecule has 2 aromatic rings. The molecule has 2 aromatic carbocycles. The van der Waals surface area contributed by atoms with E-state index in [1.165, 1.54) is 17.7 Å². The van der Waals surface area contributed by atoms with Crippen LogP contribution in [-0.2, 0) is 26.7 Å². The Balaban J connectivity index is 1.84. The fourth-order valence-electron chi connectivity index (χ4n) is 4.68. The first-order valence-electron chi connectivity index (χ1n) is 12.2. The number of carbonyl (C=O) groups is 1. The lowest BCUT2D eigenvalue weighted by Gasteiger charge is -2.37. The topological polar surface area (TPSA) is 134 Å². The minimum Gasteiger partial charge on any atom is -0.483 e. The largest absolute Gasteiger partial charge is 0.483 e. The number of carbonyl (C=O) groups excluding carboxylic acids is 1. The molecule has 0 radical (unpaired) electrons. The second-order valence-electron chi connectivity index (χ2n) is 9.60. The molecular weight excluding hydrogens is 494 g/mol. The Morgan fingerprint density at radius 3 is 2.76 bits per heavy atom. The maximum atomic E-state index is 12.7. The molecule has 200 valence electrons. The molecule has 0 aliphatic heterocycles. The molecule has 0 aromatic heterocycles. The van der Waals surface area contributed by atoms with Crippen molar-refractivity contribution in [1.29, 1.82) is 0 Å². The van der Waals surface area contributed by atoms with E-state index in [0.29, 0.717) is 12.8 Å². The zero-order valence-electron chi connectivity index (χ0n) is 21.8. The van der Waals surface area contributed by atoms with Crippen LogP contribution in [0, 0.1) is 23.0 Å². The van der Waals surface area contributed by atoms with Crippen molar-refractivity contribution >= 4 is 21.5 Å². The molecule has 10 heteroatoms. The predicted molar refractivity (Wildman–Crippen MR) is 144 cm³/mol. The molecule has 1 aliphatic carbocycles. The van der Waals surface area contributed by atoms with Crippen LogP contribution in [0.4, 0.5) is 5.69 Å². The van der Waals surface area contributed by atoms with E-state index >= 15 is 0 Å². The van der Waals surface area contributed by atoms with Crippen LogP contribution in [0.15, 0.2) is 52.9 Å². The highest BCUT2D eigenvalue weighted by Crippen LogP contribution is 2.40. The van der Waals surface area contributed by atoms with Crippen molar-refractivity contribution in [2.75, 3.05) is 19.5 Å². The number of rotatable bonds is 10. The highest BCUT2D eigenvalue weighted by molar-refractivity contribution is 7.91. The second kappa shape index (κ2) is 12.0. The average Bonchev–Trinajstić information content (AvgIpc) is 2.85. The predicted octanol–water partition coefficient (Wildman–Crippen LogP) is 5.24. The summed E-state index contributed by atoms with van der Waals surface area (Å²) in [6.45, 7) is 5.84. The third-order valence-corrected chi connectivity index (χ3v) is 8.09. The number of aryl methyl sites for hydroxylation is 2. The van der Waals surface area contributed by atoms with Gasteiger partial charge in [0.05, 0.1) is 4.92 Å². The van der Waals surface area contributed by atoms with Crippen LogP contribution in [-0.4, -0.2) is 34.5 Å². The minimum absolute atomic E-state index is 0.00525. The molecule has 0 saturated carbocycles. The van der Waals surface area contributed by atoms with E-state index in [9.17, 15) is 19.1 Å². The SMILES string of the molecule is C/C=C\C[C@H](C)C[S@](N)(=O)=NC(=O)c1ccc(OC[C@@]2(OC)CCCc3cc(C)ccc32)c([N+](=O)[O-])c1. The summed E-state index contributed by atoms with van der Waals surface area (Å²) in [6, 6.07) is 9.97. The Morgan fingerprint density at radius 2 is 2.08 bits per heavy atom. The molecule has 0 unspecified atom stereocenters. The van der Waals surface area contributed by atoms with E-state index < -0.39 is 32.0 Å². The number of methoxy groups -OCH3 is 1. The summed E-state index contributed by atoms with van der Waals surface area (Å²) in [7, 11) is -1.68. The molecule has 37 heavy (non-hydrogen) atoms. The second-order valence-corrected chi connectivity index (χ2v) is 11.5. The number of nitrogens with zero attached hydrogens (tertiary/aromatic N) is 2. The number of amides is 1. The molecule has 0 saturated heterocycles. The number of ether oxygens (including phenoxy) is 2. The lowest BCUT2D eigenvalue weighted by atomic mass is 9.79. The van der Waals surface area contributed by atoms with Gasteiger partial charge in [0.2, 0.25) is 0 Å². The summed E-state index contributed by atoms with van der Waals surface area (Å²) in [4.78, 5) is 23.9. The molecule has 0 fully saturated rings. The van der Waals surface area contributed by atoms with Gasteiger partial charge in [-0.3, -0.25) is 14.9 Å². The Kier molecular flexibility index (Phi) is 9.22. The van der Waals surface area contributed by atoms with Crippen molar-refractivity contribution in [2.24, 2.45) is 15.4 Å². The van der Waals surface area contributed by atoms with Crippen LogP contribution in [0.2, 0.25) is 0 Å². The van der Waals surface area contributed by atoms with Crippen molar-refractivity contribution in [3.8, 4) is 5.75 Å². The summed E-state index contributed by atoms with van der Waals surface area (Å²) in [6.07, 6.45) is 6.99. The molecule has 1 aliphatic rings. The third kappa shape index (κ3) is 7.03. The van der Waals surface area contributed by atoms with E-state index in [1.807, 2.05) is 45.1 Å². The molecule has 0 bridgehead atoms. The van der Waals surface area contributed by atoms with Gasteiger partial charge >= 0.3 is 5.69 Å². The first-order chi connectivity index (χ1) is 17.5. The highest BCUT2D eigenvalue weighted by Gasteiger charge is 2.38. The molecule has 3 rings (SSSR count). The zero-order valence-corrected chi connectivity index (χ0v) is 22.6. The van der Waals surface area contributed by atoms with Crippen molar-refractivity contribution in [2.45, 2.75) is 52.1 Å². The standard InChI is InChI=1S/C27H35N3O6S/c1-5-6-8-20(3)17-37(28,34)29-26(31)22-11-13-25(24(16-22)30(32)33)36-18-27(35-4)14-7-9-21-15-19(2)10-12-23(21)27/h5-6,10-13,15-16,20H,7-9,14,17-18H2,1-4H3,(H2,28,29,31,34)/b6-5-/t20-,27-,37+/m0/s1. The van der Waals surface area contributed by atoms with Crippen LogP contribution in [0.1, 0.15) is 60.2 Å². The van der Waals surface area contributed by atoms with Crippen LogP contribution < -0.4 is 9.88 Å². The molecule has 9 nitrogen and oxygen atoms in total. The summed E-state index contributed by atoms with van der Waals surface area (Å²) < 4.78 is 28.3. The van der Waals surface area contributed by atoms with Crippen molar-refractivity contribution in [3.63, 3.8) is 0 Å². The van der Waals surface area contributed by atoms with E-state index in [2.05, 4.69) is 10.4 Å². The van der Waals surface area contributed by atoms with Crippen molar-refractivity contribution < 1.29 is 23.4 Å². The smallest absolute Gasteiger partial charge is 0.311 e. The number of benzene rings is 2. The van der Waals surface area contributed by atoms with Gasteiger partial charge in [-0.05, 0) is 68.7 Å². The molecule has 3 atom stereocenters. The monoisotopic (exact) mass is 529 g/mol. The Hall–Kier alpha value is -3.08. The average molecular weight is 530 g/mol. The Morgan fingerprint density at radius 1 is 1.32 bits per heavy atom.